The van der Waals surface area contributed by atoms with Crippen molar-refractivity contribution in [2.45, 2.75) is 26.5 Å². The van der Waals surface area contributed by atoms with Gasteiger partial charge in [0.1, 0.15) is 12.4 Å². The summed E-state index contributed by atoms with van der Waals surface area (Å²) in [6.07, 6.45) is 0.270. The van der Waals surface area contributed by atoms with E-state index in [1.807, 2.05) is 50.4 Å². The molecule has 2 N–H and O–H groups in total. The summed E-state index contributed by atoms with van der Waals surface area (Å²) < 4.78 is 7.30. The summed E-state index contributed by atoms with van der Waals surface area (Å²) in [5.74, 6) is 1.78. The summed E-state index contributed by atoms with van der Waals surface area (Å²) >= 11 is 0. The molecule has 0 radical (unpaired) electrons. The Bertz CT molecular complexity index is 840. The quantitative estimate of drug-likeness (QED) is 0.675. The minimum atomic E-state index is -0.102. The smallest absolute Gasteiger partial charge is 0.226 e. The largest absolute Gasteiger partial charge is 0.486 e. The summed E-state index contributed by atoms with van der Waals surface area (Å²) in [5, 5.41) is 13.9. The third kappa shape index (κ3) is 4.66. The second kappa shape index (κ2) is 7.61. The first kappa shape index (κ1) is 16.7. The number of ether oxygens (including phenoxy) is 1. The van der Waals surface area contributed by atoms with E-state index in [1.165, 1.54) is 0 Å². The van der Waals surface area contributed by atoms with Crippen LogP contribution >= 0.6 is 0 Å². The standard InChI is InChI=1S/C17H20N6O2/c1-12-8-13(23(2)22-12)9-17(24)18-10-15-19-16(21-20-15)11-25-14-6-4-3-5-7-14/h3-8H,9-11H2,1-2H3,(H,18,24)(H,19,20,21). The number of nitrogens with zero attached hydrogens (tertiary/aromatic N) is 4. The Morgan fingerprint density at radius 1 is 1.32 bits per heavy atom. The average molecular weight is 340 g/mol. The van der Waals surface area contributed by atoms with Gasteiger partial charge in [0, 0.05) is 12.7 Å². The monoisotopic (exact) mass is 340 g/mol. The highest BCUT2D eigenvalue weighted by molar-refractivity contribution is 5.78. The summed E-state index contributed by atoms with van der Waals surface area (Å²) in [7, 11) is 1.82. The maximum atomic E-state index is 12.0. The van der Waals surface area contributed by atoms with Crippen molar-refractivity contribution in [3.8, 4) is 5.75 Å². The minimum Gasteiger partial charge on any atom is -0.486 e. The Morgan fingerprint density at radius 2 is 2.12 bits per heavy atom. The number of hydrogen-bond acceptors (Lipinski definition) is 5. The van der Waals surface area contributed by atoms with Crippen LogP contribution in [0.1, 0.15) is 23.0 Å². The number of aryl methyl sites for hydroxylation is 2. The minimum absolute atomic E-state index is 0.102. The number of H-pyrrole nitrogens is 1. The van der Waals surface area contributed by atoms with Crippen molar-refractivity contribution in [3.63, 3.8) is 0 Å². The van der Waals surface area contributed by atoms with Gasteiger partial charge >= 0.3 is 0 Å². The molecule has 3 rings (SSSR count). The first-order chi connectivity index (χ1) is 12.1. The molecule has 0 aliphatic carbocycles. The highest BCUT2D eigenvalue weighted by Crippen LogP contribution is 2.10. The molecule has 130 valence electrons. The van der Waals surface area contributed by atoms with Crippen molar-refractivity contribution in [2.24, 2.45) is 7.05 Å². The van der Waals surface area contributed by atoms with Crippen molar-refractivity contribution in [1.29, 1.82) is 0 Å². The topological polar surface area (TPSA) is 97.7 Å². The number of para-hydroxylation sites is 1. The lowest BCUT2D eigenvalue weighted by Crippen LogP contribution is -2.26. The van der Waals surface area contributed by atoms with E-state index in [0.29, 0.717) is 18.3 Å². The molecular weight excluding hydrogens is 320 g/mol. The van der Waals surface area contributed by atoms with Crippen LogP contribution in [0.25, 0.3) is 0 Å². The predicted molar refractivity (Wildman–Crippen MR) is 90.7 cm³/mol. The van der Waals surface area contributed by atoms with Crippen LogP contribution < -0.4 is 10.1 Å². The molecule has 0 unspecified atom stereocenters. The molecule has 2 aromatic heterocycles. The number of benzene rings is 1. The molecule has 0 aliphatic rings. The maximum absolute atomic E-state index is 12.0. The van der Waals surface area contributed by atoms with Gasteiger partial charge in [-0.15, -0.1) is 0 Å². The molecule has 2 heterocycles. The normalized spacial score (nSPS) is 10.6. The van der Waals surface area contributed by atoms with Crippen molar-refractivity contribution in [1.82, 2.24) is 30.3 Å². The van der Waals surface area contributed by atoms with Crippen LogP contribution in [0.4, 0.5) is 0 Å². The molecule has 25 heavy (non-hydrogen) atoms. The second-order valence-electron chi connectivity index (χ2n) is 5.65. The molecule has 0 spiro atoms. The van der Waals surface area contributed by atoms with Gasteiger partial charge in [-0.05, 0) is 25.1 Å². The van der Waals surface area contributed by atoms with Crippen LogP contribution in [0.2, 0.25) is 0 Å². The summed E-state index contributed by atoms with van der Waals surface area (Å²) in [6.45, 7) is 2.45. The highest BCUT2D eigenvalue weighted by atomic mass is 16.5. The van der Waals surface area contributed by atoms with Crippen molar-refractivity contribution < 1.29 is 9.53 Å². The molecule has 1 aromatic carbocycles. The van der Waals surface area contributed by atoms with Crippen LogP contribution in [0.5, 0.6) is 5.75 Å². The molecule has 0 bridgehead atoms. The van der Waals surface area contributed by atoms with Crippen LogP contribution in [-0.4, -0.2) is 30.9 Å². The van der Waals surface area contributed by atoms with E-state index in [1.54, 1.807) is 4.68 Å². The average Bonchev–Trinajstić information content (AvgIpc) is 3.18. The number of carbonyl (C=O) groups is 1. The van der Waals surface area contributed by atoms with Crippen LogP contribution in [0.15, 0.2) is 36.4 Å². The Balaban J connectivity index is 1.46. The molecule has 3 aromatic rings. The molecule has 0 saturated carbocycles. The van der Waals surface area contributed by atoms with E-state index in [9.17, 15) is 4.79 Å². The van der Waals surface area contributed by atoms with E-state index < -0.39 is 0 Å². The van der Waals surface area contributed by atoms with Gasteiger partial charge in [-0.1, -0.05) is 18.2 Å². The molecule has 0 aliphatic heterocycles. The van der Waals surface area contributed by atoms with Gasteiger partial charge in [0.2, 0.25) is 5.91 Å². The van der Waals surface area contributed by atoms with Gasteiger partial charge in [-0.25, -0.2) is 4.98 Å². The Morgan fingerprint density at radius 3 is 2.84 bits per heavy atom. The van der Waals surface area contributed by atoms with Gasteiger partial charge < -0.3 is 10.1 Å². The SMILES string of the molecule is Cc1cc(CC(=O)NCc2n[nH]c(COc3ccccc3)n2)n(C)n1. The van der Waals surface area contributed by atoms with Crippen molar-refractivity contribution >= 4 is 5.91 Å². The zero-order valence-electron chi connectivity index (χ0n) is 14.2. The zero-order chi connectivity index (χ0) is 17.6. The Labute approximate surface area is 145 Å². The van der Waals surface area contributed by atoms with Crippen LogP contribution in [0, 0.1) is 6.92 Å². The van der Waals surface area contributed by atoms with Gasteiger partial charge in [-0.2, -0.15) is 10.2 Å². The number of nitrogens with one attached hydrogen (secondary N) is 2. The van der Waals surface area contributed by atoms with E-state index in [0.717, 1.165) is 17.1 Å². The number of carbonyl (C=O) groups excluding carboxylic acids is 1. The maximum Gasteiger partial charge on any atom is 0.226 e. The van der Waals surface area contributed by atoms with E-state index >= 15 is 0 Å². The number of rotatable bonds is 7. The lowest BCUT2D eigenvalue weighted by atomic mass is 10.2. The summed E-state index contributed by atoms with van der Waals surface area (Å²) in [6, 6.07) is 11.4. The third-order valence-electron chi connectivity index (χ3n) is 3.58. The summed E-state index contributed by atoms with van der Waals surface area (Å²) in [5.41, 5.74) is 1.75. The van der Waals surface area contributed by atoms with Crippen LogP contribution in [-0.2, 0) is 31.4 Å². The van der Waals surface area contributed by atoms with E-state index in [4.69, 9.17) is 4.74 Å². The zero-order valence-corrected chi connectivity index (χ0v) is 14.2. The van der Waals surface area contributed by atoms with E-state index in [2.05, 4.69) is 25.6 Å². The highest BCUT2D eigenvalue weighted by Gasteiger charge is 2.10. The Kier molecular flexibility index (Phi) is 5.08. The number of aromatic amines is 1. The predicted octanol–water partition coefficient (Wildman–Crippen LogP) is 1.28. The van der Waals surface area contributed by atoms with Gasteiger partial charge in [0.05, 0.1) is 18.7 Å². The molecule has 8 nitrogen and oxygen atoms in total. The van der Waals surface area contributed by atoms with E-state index in [-0.39, 0.29) is 18.9 Å². The lowest BCUT2D eigenvalue weighted by Gasteiger charge is -2.03. The van der Waals surface area contributed by atoms with Crippen LogP contribution in [0.3, 0.4) is 0 Å². The second-order valence-corrected chi connectivity index (χ2v) is 5.65. The number of amides is 1. The van der Waals surface area contributed by atoms with Gasteiger partial charge in [-0.3, -0.25) is 14.6 Å². The number of aromatic nitrogens is 5. The fourth-order valence-electron chi connectivity index (χ4n) is 2.38. The molecular formula is C17H20N6O2. The third-order valence-corrected chi connectivity index (χ3v) is 3.58. The lowest BCUT2D eigenvalue weighted by molar-refractivity contribution is -0.120. The molecule has 0 atom stereocenters. The van der Waals surface area contributed by atoms with Crippen molar-refractivity contribution in [3.05, 3.63) is 59.4 Å². The fourth-order valence-corrected chi connectivity index (χ4v) is 2.38. The summed E-state index contributed by atoms with van der Waals surface area (Å²) in [4.78, 5) is 16.3. The fraction of sp³-hybridized carbons (Fsp3) is 0.294. The first-order valence-corrected chi connectivity index (χ1v) is 7.94. The number of hydrogen-bond donors (Lipinski definition) is 2. The first-order valence-electron chi connectivity index (χ1n) is 7.94. The van der Waals surface area contributed by atoms with Crippen molar-refractivity contribution in [2.75, 3.05) is 0 Å². The molecule has 1 amide bonds. The molecule has 0 saturated heterocycles. The Hall–Kier alpha value is -3.16. The molecule has 8 heteroatoms. The van der Waals surface area contributed by atoms with Gasteiger partial charge in [0.25, 0.3) is 0 Å². The molecule has 0 fully saturated rings. The van der Waals surface area contributed by atoms with Gasteiger partial charge in [0.15, 0.2) is 11.6 Å².